The van der Waals surface area contributed by atoms with E-state index in [2.05, 4.69) is 4.98 Å². The summed E-state index contributed by atoms with van der Waals surface area (Å²) in [5, 5.41) is 0.706. The van der Waals surface area contributed by atoms with Crippen molar-refractivity contribution in [2.45, 2.75) is 20.4 Å². The third-order valence-corrected chi connectivity index (χ3v) is 5.40. The quantitative estimate of drug-likeness (QED) is 0.446. The first-order valence-electron chi connectivity index (χ1n) is 9.64. The van der Waals surface area contributed by atoms with Gasteiger partial charge in [-0.1, -0.05) is 55.2 Å². The zero-order valence-corrected chi connectivity index (χ0v) is 19.0. The number of nitrogens with zero attached hydrogens (tertiary/aromatic N) is 4. The van der Waals surface area contributed by atoms with E-state index in [1.54, 1.807) is 34.9 Å². The minimum atomic E-state index is -0.531. The summed E-state index contributed by atoms with van der Waals surface area (Å²) < 4.78 is 18.3. The van der Waals surface area contributed by atoms with Crippen LogP contribution in [0.5, 0.6) is 0 Å². The van der Waals surface area contributed by atoms with Crippen LogP contribution in [0.3, 0.4) is 0 Å². The Morgan fingerprint density at radius 2 is 1.68 bits per heavy atom. The minimum absolute atomic E-state index is 0.0443. The van der Waals surface area contributed by atoms with E-state index >= 15 is 0 Å². The van der Waals surface area contributed by atoms with Crippen molar-refractivity contribution in [2.75, 3.05) is 0 Å². The van der Waals surface area contributed by atoms with Gasteiger partial charge >= 0.3 is 5.69 Å². The third-order valence-electron chi connectivity index (χ3n) is 4.81. The molecule has 162 valence electrons. The highest BCUT2D eigenvalue weighted by molar-refractivity contribution is 6.31. The molecule has 0 radical (unpaired) electrons. The number of fused-ring (bicyclic) bond motifs is 1. The maximum atomic E-state index is 14.5. The van der Waals surface area contributed by atoms with E-state index in [9.17, 15) is 14.0 Å². The van der Waals surface area contributed by atoms with E-state index in [0.717, 1.165) is 4.57 Å². The highest BCUT2D eigenvalue weighted by Gasteiger charge is 2.22. The van der Waals surface area contributed by atoms with Crippen LogP contribution in [-0.2, 0) is 20.6 Å². The number of benzene rings is 2. The van der Waals surface area contributed by atoms with E-state index in [1.165, 1.54) is 30.8 Å². The van der Waals surface area contributed by atoms with Crippen LogP contribution in [0.25, 0.3) is 22.6 Å². The fraction of sp³-hybridized carbons (Fsp3) is 0.227. The van der Waals surface area contributed by atoms with Crippen LogP contribution in [0, 0.1) is 5.82 Å². The number of hydrogen-bond acceptors (Lipinski definition) is 3. The van der Waals surface area contributed by atoms with Crippen LogP contribution in [-0.4, -0.2) is 18.7 Å². The van der Waals surface area contributed by atoms with Crippen molar-refractivity contribution in [3.63, 3.8) is 0 Å². The second-order valence-corrected chi connectivity index (χ2v) is 7.45. The minimum Gasteiger partial charge on any atom is -0.313 e. The van der Waals surface area contributed by atoms with Gasteiger partial charge in [-0.25, -0.2) is 14.2 Å². The Balaban J connectivity index is 0.00000132. The molecule has 0 spiro atoms. The van der Waals surface area contributed by atoms with Crippen molar-refractivity contribution in [2.24, 2.45) is 14.1 Å². The molecule has 6 nitrogen and oxygen atoms in total. The van der Waals surface area contributed by atoms with E-state index in [1.807, 2.05) is 13.8 Å². The second kappa shape index (κ2) is 9.08. The Morgan fingerprint density at radius 3 is 2.32 bits per heavy atom. The average molecular weight is 463 g/mol. The van der Waals surface area contributed by atoms with Gasteiger partial charge in [0.25, 0.3) is 5.56 Å². The molecule has 0 saturated carbocycles. The van der Waals surface area contributed by atoms with Gasteiger partial charge in [0.2, 0.25) is 0 Å². The molecule has 0 aliphatic carbocycles. The summed E-state index contributed by atoms with van der Waals surface area (Å²) in [7, 11) is 2.91. The fourth-order valence-corrected chi connectivity index (χ4v) is 3.70. The molecule has 0 amide bonds. The summed E-state index contributed by atoms with van der Waals surface area (Å²) in [5.74, 6) is -0.127. The van der Waals surface area contributed by atoms with E-state index in [4.69, 9.17) is 23.2 Å². The largest absolute Gasteiger partial charge is 0.332 e. The standard InChI is InChI=1S/C20H15Cl2FN4O2.C2H6/c1-25-18-16(19(28)26(2)20(25)29)27(10-13-14(22)7-4-8-15(13)23)17(24-18)11-5-3-6-12(21)9-11;1-2/h3-9H,10H2,1-2H3;1-2H3. The van der Waals surface area contributed by atoms with Gasteiger partial charge in [0.15, 0.2) is 11.2 Å². The van der Waals surface area contributed by atoms with Crippen LogP contribution in [0.2, 0.25) is 10.0 Å². The lowest BCUT2D eigenvalue weighted by Gasteiger charge is -2.12. The molecule has 2 aromatic heterocycles. The Hall–Kier alpha value is -2.90. The molecule has 0 fully saturated rings. The molecule has 0 unspecified atom stereocenters. The number of aromatic nitrogens is 4. The first-order chi connectivity index (χ1) is 14.8. The monoisotopic (exact) mass is 462 g/mol. The molecule has 2 heterocycles. The molecule has 4 rings (SSSR count). The van der Waals surface area contributed by atoms with Crippen molar-refractivity contribution < 1.29 is 4.39 Å². The van der Waals surface area contributed by atoms with Crippen LogP contribution in [0.1, 0.15) is 19.4 Å². The number of aryl methyl sites for hydroxylation is 1. The van der Waals surface area contributed by atoms with E-state index in [0.29, 0.717) is 16.4 Å². The Labute approximate surface area is 188 Å². The lowest BCUT2D eigenvalue weighted by Crippen LogP contribution is -2.37. The van der Waals surface area contributed by atoms with Gasteiger partial charge in [-0.3, -0.25) is 13.9 Å². The molecule has 0 aliphatic heterocycles. The predicted octanol–water partition coefficient (Wildman–Crippen LogP) is 4.62. The summed E-state index contributed by atoms with van der Waals surface area (Å²) in [6, 6.07) is 11.3. The topological polar surface area (TPSA) is 61.8 Å². The lowest BCUT2D eigenvalue weighted by molar-refractivity contribution is 0.601. The number of rotatable bonds is 3. The molecule has 4 aromatic rings. The first-order valence-corrected chi connectivity index (χ1v) is 10.4. The summed E-state index contributed by atoms with van der Waals surface area (Å²) in [6.07, 6.45) is 0. The van der Waals surface area contributed by atoms with Gasteiger partial charge in [0.1, 0.15) is 11.6 Å². The third kappa shape index (κ3) is 4.03. The maximum absolute atomic E-state index is 14.5. The molecule has 0 atom stereocenters. The molecular weight excluding hydrogens is 442 g/mol. The van der Waals surface area contributed by atoms with Gasteiger partial charge in [0, 0.05) is 35.3 Å². The number of hydrogen-bond donors (Lipinski definition) is 0. The summed E-state index contributed by atoms with van der Waals surface area (Å²) >= 11 is 12.3. The smallest absolute Gasteiger partial charge is 0.313 e. The Bertz CT molecular complexity index is 1370. The zero-order valence-electron chi connectivity index (χ0n) is 17.5. The van der Waals surface area contributed by atoms with Crippen molar-refractivity contribution in [1.29, 1.82) is 0 Å². The average Bonchev–Trinajstić information content (AvgIpc) is 3.14. The normalized spacial score (nSPS) is 10.8. The van der Waals surface area contributed by atoms with Gasteiger partial charge in [0.05, 0.1) is 6.54 Å². The van der Waals surface area contributed by atoms with Crippen LogP contribution in [0.15, 0.2) is 52.1 Å². The SMILES string of the molecule is CC.Cn1c(=O)c2c(nc(-c3cccc(Cl)c3)n2Cc2c(F)cccc2Cl)n(C)c1=O. The van der Waals surface area contributed by atoms with Crippen LogP contribution >= 0.6 is 23.2 Å². The number of imidazole rings is 1. The highest BCUT2D eigenvalue weighted by Crippen LogP contribution is 2.28. The summed E-state index contributed by atoms with van der Waals surface area (Å²) in [5.41, 5.74) is 0.165. The summed E-state index contributed by atoms with van der Waals surface area (Å²) in [4.78, 5) is 29.8. The maximum Gasteiger partial charge on any atom is 0.332 e. The highest BCUT2D eigenvalue weighted by atomic mass is 35.5. The van der Waals surface area contributed by atoms with Gasteiger partial charge in [-0.2, -0.15) is 0 Å². The number of halogens is 3. The van der Waals surface area contributed by atoms with Crippen LogP contribution in [0.4, 0.5) is 4.39 Å². The van der Waals surface area contributed by atoms with E-state index < -0.39 is 17.1 Å². The van der Waals surface area contributed by atoms with Crippen molar-refractivity contribution in [1.82, 2.24) is 18.7 Å². The lowest BCUT2D eigenvalue weighted by atomic mass is 10.2. The molecule has 0 saturated heterocycles. The molecule has 0 N–H and O–H groups in total. The van der Waals surface area contributed by atoms with Gasteiger partial charge in [-0.15, -0.1) is 0 Å². The molecule has 9 heteroatoms. The predicted molar refractivity (Wildman–Crippen MR) is 123 cm³/mol. The first kappa shape index (κ1) is 22.8. The van der Waals surface area contributed by atoms with Crippen LogP contribution < -0.4 is 11.2 Å². The second-order valence-electron chi connectivity index (χ2n) is 6.61. The molecule has 0 bridgehead atoms. The molecule has 0 aliphatic rings. The molecule has 31 heavy (non-hydrogen) atoms. The zero-order chi connectivity index (χ0) is 22.9. The van der Waals surface area contributed by atoms with Crippen molar-refractivity contribution >= 4 is 34.4 Å². The summed E-state index contributed by atoms with van der Waals surface area (Å²) in [6.45, 7) is 3.96. The molecular formula is C22H21Cl2FN4O2. The van der Waals surface area contributed by atoms with Crippen molar-refractivity contribution in [3.05, 3.63) is 84.7 Å². The van der Waals surface area contributed by atoms with Crippen molar-refractivity contribution in [3.8, 4) is 11.4 Å². The fourth-order valence-electron chi connectivity index (χ4n) is 3.29. The Morgan fingerprint density at radius 1 is 1.00 bits per heavy atom. The Kier molecular flexibility index (Phi) is 6.67. The van der Waals surface area contributed by atoms with Gasteiger partial charge < -0.3 is 4.57 Å². The van der Waals surface area contributed by atoms with Gasteiger partial charge in [-0.05, 0) is 24.3 Å². The van der Waals surface area contributed by atoms with E-state index in [-0.39, 0.29) is 28.3 Å². The molecule has 2 aromatic carbocycles.